The third-order valence-electron chi connectivity index (χ3n) is 6.48. The van der Waals surface area contributed by atoms with Gasteiger partial charge in [0.25, 0.3) is 0 Å². The lowest BCUT2D eigenvalue weighted by Gasteiger charge is -2.45. The van der Waals surface area contributed by atoms with Gasteiger partial charge in [0.1, 0.15) is 6.04 Å². The molecule has 0 aromatic heterocycles. The molecule has 2 aliphatic rings. The highest BCUT2D eigenvalue weighted by molar-refractivity contribution is 5.50. The van der Waals surface area contributed by atoms with Crippen molar-refractivity contribution in [3.63, 3.8) is 0 Å². The van der Waals surface area contributed by atoms with Crippen LogP contribution in [0.25, 0.3) is 0 Å². The number of fused-ring (bicyclic) bond motifs is 1. The Balaban J connectivity index is 0.00000196. The van der Waals surface area contributed by atoms with E-state index >= 15 is 0 Å². The monoisotopic (exact) mass is 462 g/mol. The SMILES string of the molecule is C[N+]1(C)CCCC[C@H]1CN(c1ccccc1)C1Cc2ccccc2C1.[I-]. The Hall–Kier alpha value is -1.07. The van der Waals surface area contributed by atoms with Crippen molar-refractivity contribution >= 4 is 5.69 Å². The highest BCUT2D eigenvalue weighted by atomic mass is 127. The number of rotatable bonds is 4. The molecule has 2 aromatic rings. The van der Waals surface area contributed by atoms with Crippen LogP contribution in [0.3, 0.4) is 0 Å². The number of piperidine rings is 1. The number of nitrogens with zero attached hydrogens (tertiary/aromatic N) is 2. The molecule has 1 aliphatic carbocycles. The number of hydrogen-bond acceptors (Lipinski definition) is 1. The van der Waals surface area contributed by atoms with Crippen LogP contribution in [0, 0.1) is 0 Å². The summed E-state index contributed by atoms with van der Waals surface area (Å²) in [6.07, 6.45) is 6.50. The lowest BCUT2D eigenvalue weighted by molar-refractivity contribution is -0.918. The summed E-state index contributed by atoms with van der Waals surface area (Å²) >= 11 is 0. The first-order valence-corrected chi connectivity index (χ1v) is 9.85. The summed E-state index contributed by atoms with van der Waals surface area (Å²) in [5.74, 6) is 0. The van der Waals surface area contributed by atoms with Crippen molar-refractivity contribution in [2.24, 2.45) is 0 Å². The fourth-order valence-electron chi connectivity index (χ4n) is 4.81. The van der Waals surface area contributed by atoms with Crippen molar-refractivity contribution in [2.75, 3.05) is 32.1 Å². The molecule has 2 nitrogen and oxygen atoms in total. The molecule has 1 aliphatic heterocycles. The molecule has 0 saturated carbocycles. The number of halogens is 1. The lowest BCUT2D eigenvalue weighted by Crippen LogP contribution is -3.00. The third-order valence-corrected chi connectivity index (χ3v) is 6.48. The van der Waals surface area contributed by atoms with Crippen LogP contribution in [-0.4, -0.2) is 43.8 Å². The van der Waals surface area contributed by atoms with Crippen molar-refractivity contribution in [3.8, 4) is 0 Å². The first-order chi connectivity index (χ1) is 12.1. The molecule has 0 spiro atoms. The summed E-state index contributed by atoms with van der Waals surface area (Å²) in [6, 6.07) is 21.4. The highest BCUT2D eigenvalue weighted by Crippen LogP contribution is 2.31. The predicted molar refractivity (Wildman–Crippen MR) is 106 cm³/mol. The molecule has 1 fully saturated rings. The van der Waals surface area contributed by atoms with E-state index in [1.807, 2.05) is 0 Å². The van der Waals surface area contributed by atoms with E-state index in [1.165, 1.54) is 55.4 Å². The zero-order valence-corrected chi connectivity index (χ0v) is 18.2. The van der Waals surface area contributed by atoms with E-state index in [2.05, 4.69) is 73.6 Å². The number of para-hydroxylation sites is 1. The van der Waals surface area contributed by atoms with E-state index in [9.17, 15) is 0 Å². The molecule has 0 unspecified atom stereocenters. The molecule has 0 bridgehead atoms. The minimum absolute atomic E-state index is 0. The largest absolute Gasteiger partial charge is 1.00 e. The maximum Gasteiger partial charge on any atom is 0.106 e. The number of likely N-dealkylation sites (N-methyl/N-ethyl adjacent to an activating group) is 1. The number of hydrogen-bond donors (Lipinski definition) is 0. The van der Waals surface area contributed by atoms with E-state index in [-0.39, 0.29) is 24.0 Å². The normalized spacial score (nSPS) is 21.7. The van der Waals surface area contributed by atoms with E-state index < -0.39 is 0 Å². The molecule has 0 amide bonds. The van der Waals surface area contributed by atoms with Crippen LogP contribution in [0.5, 0.6) is 0 Å². The van der Waals surface area contributed by atoms with Gasteiger partial charge in [0.15, 0.2) is 0 Å². The van der Waals surface area contributed by atoms with Crippen LogP contribution in [-0.2, 0) is 12.8 Å². The Morgan fingerprint density at radius 1 is 0.885 bits per heavy atom. The number of anilines is 1. The Bertz CT molecular complexity index is 688. The second kappa shape index (κ2) is 8.30. The van der Waals surface area contributed by atoms with Gasteiger partial charge in [-0.1, -0.05) is 42.5 Å². The smallest absolute Gasteiger partial charge is 0.106 e. The van der Waals surface area contributed by atoms with Gasteiger partial charge in [-0.2, -0.15) is 0 Å². The van der Waals surface area contributed by atoms with Gasteiger partial charge in [-0.05, 0) is 48.9 Å². The first kappa shape index (κ1) is 19.7. The van der Waals surface area contributed by atoms with Crippen LogP contribution >= 0.6 is 0 Å². The lowest BCUT2D eigenvalue weighted by atomic mass is 9.98. The predicted octanol–water partition coefficient (Wildman–Crippen LogP) is 1.29. The zero-order valence-electron chi connectivity index (χ0n) is 16.1. The first-order valence-electron chi connectivity index (χ1n) is 9.85. The summed E-state index contributed by atoms with van der Waals surface area (Å²) in [7, 11) is 4.85. The molecule has 2 aromatic carbocycles. The van der Waals surface area contributed by atoms with Gasteiger partial charge in [-0.25, -0.2) is 0 Å². The molecule has 0 radical (unpaired) electrons. The molecule has 26 heavy (non-hydrogen) atoms. The maximum absolute atomic E-state index is 2.72. The summed E-state index contributed by atoms with van der Waals surface area (Å²) in [4.78, 5) is 2.72. The molecule has 140 valence electrons. The average molecular weight is 462 g/mol. The van der Waals surface area contributed by atoms with Crippen molar-refractivity contribution in [1.82, 2.24) is 0 Å². The van der Waals surface area contributed by atoms with E-state index in [0.717, 1.165) is 6.04 Å². The molecule has 3 heteroatoms. The highest BCUT2D eigenvalue weighted by Gasteiger charge is 2.36. The van der Waals surface area contributed by atoms with Crippen LogP contribution in [0.2, 0.25) is 0 Å². The maximum atomic E-state index is 2.72. The van der Waals surface area contributed by atoms with Crippen LogP contribution < -0.4 is 28.9 Å². The average Bonchev–Trinajstić information content (AvgIpc) is 3.05. The van der Waals surface area contributed by atoms with Gasteiger partial charge in [0.2, 0.25) is 0 Å². The number of benzene rings is 2. The second-order valence-electron chi connectivity index (χ2n) is 8.47. The molecule has 4 rings (SSSR count). The minimum atomic E-state index is 0. The fourth-order valence-corrected chi connectivity index (χ4v) is 4.81. The van der Waals surface area contributed by atoms with Gasteiger partial charge in [0.05, 0.1) is 27.2 Å². The van der Waals surface area contributed by atoms with Crippen LogP contribution in [0.1, 0.15) is 30.4 Å². The van der Waals surface area contributed by atoms with E-state index in [1.54, 1.807) is 11.1 Å². The fraction of sp³-hybridized carbons (Fsp3) is 0.478. The summed E-state index contributed by atoms with van der Waals surface area (Å²) in [5, 5.41) is 0. The van der Waals surface area contributed by atoms with E-state index in [0.29, 0.717) is 6.04 Å². The molecular weight excluding hydrogens is 431 g/mol. The number of likely N-dealkylation sites (tertiary alicyclic amines) is 1. The third kappa shape index (κ3) is 4.09. The molecule has 1 atom stereocenters. The van der Waals surface area contributed by atoms with Gasteiger partial charge in [-0.3, -0.25) is 0 Å². The molecule has 1 heterocycles. The summed E-state index contributed by atoms with van der Waals surface area (Å²) in [5.41, 5.74) is 4.49. The van der Waals surface area contributed by atoms with Crippen molar-refractivity contribution in [1.29, 1.82) is 0 Å². The molecule has 0 N–H and O–H groups in total. The van der Waals surface area contributed by atoms with Crippen LogP contribution in [0.4, 0.5) is 5.69 Å². The topological polar surface area (TPSA) is 3.24 Å². The Labute approximate surface area is 175 Å². The van der Waals surface area contributed by atoms with Gasteiger partial charge >= 0.3 is 0 Å². The van der Waals surface area contributed by atoms with Gasteiger partial charge in [0, 0.05) is 18.2 Å². The summed E-state index contributed by atoms with van der Waals surface area (Å²) in [6.45, 7) is 2.49. The van der Waals surface area contributed by atoms with Gasteiger partial charge in [-0.15, -0.1) is 0 Å². The minimum Gasteiger partial charge on any atom is -1.00 e. The van der Waals surface area contributed by atoms with Crippen molar-refractivity contribution < 1.29 is 28.5 Å². The quantitative estimate of drug-likeness (QED) is 0.489. The summed E-state index contributed by atoms with van der Waals surface area (Å²) < 4.78 is 1.17. The second-order valence-corrected chi connectivity index (χ2v) is 8.47. The Morgan fingerprint density at radius 3 is 2.12 bits per heavy atom. The Kier molecular flexibility index (Phi) is 6.29. The number of quaternary nitrogens is 1. The van der Waals surface area contributed by atoms with Crippen molar-refractivity contribution in [3.05, 3.63) is 65.7 Å². The van der Waals surface area contributed by atoms with Crippen molar-refractivity contribution in [2.45, 2.75) is 44.2 Å². The van der Waals surface area contributed by atoms with E-state index in [4.69, 9.17) is 0 Å². The van der Waals surface area contributed by atoms with Crippen LogP contribution in [0.15, 0.2) is 54.6 Å². The standard InChI is InChI=1S/C23H31N2.HI/c1-25(2)15-9-8-14-23(25)18-24(21-12-4-3-5-13-21)22-16-19-10-6-7-11-20(19)17-22;/h3-7,10-13,22-23H,8-9,14-18H2,1-2H3;1H/q+1;/p-1/t23-;/m0./s1. The Morgan fingerprint density at radius 2 is 1.50 bits per heavy atom. The molecule has 1 saturated heterocycles. The molecular formula is C23H31IN2. The zero-order chi connectivity index (χ0) is 17.3. The van der Waals surface area contributed by atoms with Gasteiger partial charge < -0.3 is 33.4 Å².